The largest absolute Gasteiger partial charge is 0.351 e. The van der Waals surface area contributed by atoms with Gasteiger partial charge in [0.15, 0.2) is 0 Å². The molecule has 0 unspecified atom stereocenters. The second kappa shape index (κ2) is 11.2. The van der Waals surface area contributed by atoms with Gasteiger partial charge in [0.1, 0.15) is 11.9 Å². The van der Waals surface area contributed by atoms with Crippen molar-refractivity contribution < 1.29 is 14.0 Å². The summed E-state index contributed by atoms with van der Waals surface area (Å²) < 4.78 is 15.0. The van der Waals surface area contributed by atoms with E-state index in [-0.39, 0.29) is 23.4 Å². The first-order chi connectivity index (χ1) is 16.1. The van der Waals surface area contributed by atoms with Crippen LogP contribution in [0.2, 0.25) is 0 Å². The van der Waals surface area contributed by atoms with E-state index < -0.39 is 11.9 Å². The van der Waals surface area contributed by atoms with Gasteiger partial charge in [0.25, 0.3) is 5.91 Å². The molecule has 0 radical (unpaired) electrons. The van der Waals surface area contributed by atoms with Crippen molar-refractivity contribution in [2.75, 3.05) is 6.54 Å². The van der Waals surface area contributed by atoms with Gasteiger partial charge in [-0.2, -0.15) is 0 Å². The fourth-order valence-electron chi connectivity index (χ4n) is 4.46. The van der Waals surface area contributed by atoms with Crippen LogP contribution in [0.3, 0.4) is 0 Å². The molecule has 4 nitrogen and oxygen atoms in total. The van der Waals surface area contributed by atoms with Gasteiger partial charge in [-0.05, 0) is 42.3 Å². The van der Waals surface area contributed by atoms with Gasteiger partial charge in [-0.3, -0.25) is 9.59 Å². The van der Waals surface area contributed by atoms with Gasteiger partial charge in [0.2, 0.25) is 5.91 Å². The molecule has 2 amide bonds. The third-order valence-corrected chi connectivity index (χ3v) is 7.05. The number of hydrogen-bond acceptors (Lipinski definition) is 3. The van der Waals surface area contributed by atoms with Crippen molar-refractivity contribution in [1.29, 1.82) is 0 Å². The maximum atomic E-state index is 15.0. The maximum Gasteiger partial charge on any atom is 0.264 e. The Kier molecular flexibility index (Phi) is 7.89. The molecule has 1 atom stereocenters. The van der Waals surface area contributed by atoms with Crippen LogP contribution in [0.25, 0.3) is 0 Å². The highest BCUT2D eigenvalue weighted by molar-refractivity contribution is 7.12. The lowest BCUT2D eigenvalue weighted by Crippen LogP contribution is -2.47. The highest BCUT2D eigenvalue weighted by atomic mass is 32.1. The number of thiophene rings is 1. The molecule has 33 heavy (non-hydrogen) atoms. The van der Waals surface area contributed by atoms with E-state index in [1.165, 1.54) is 28.7 Å². The van der Waals surface area contributed by atoms with Gasteiger partial charge in [-0.1, -0.05) is 73.9 Å². The van der Waals surface area contributed by atoms with Crippen LogP contribution >= 0.6 is 11.3 Å². The van der Waals surface area contributed by atoms with Crippen LogP contribution < -0.4 is 5.32 Å². The highest BCUT2D eigenvalue weighted by Crippen LogP contribution is 2.28. The van der Waals surface area contributed by atoms with Crippen molar-refractivity contribution in [3.8, 4) is 0 Å². The molecule has 4 rings (SSSR count). The lowest BCUT2D eigenvalue weighted by atomic mass is 9.94. The molecule has 0 aliphatic heterocycles. The number of nitrogens with zero attached hydrogens (tertiary/aromatic N) is 1. The first-order valence-corrected chi connectivity index (χ1v) is 12.4. The summed E-state index contributed by atoms with van der Waals surface area (Å²) in [6.45, 7) is 0.303. The SMILES string of the molecule is O=C(NC1CCCCC1)[C@H](c1ccccc1F)N(CCc1ccccc1)C(=O)c1cccs1. The molecular formula is C27H29FN2O2S. The summed E-state index contributed by atoms with van der Waals surface area (Å²) >= 11 is 1.33. The van der Waals surface area contributed by atoms with Gasteiger partial charge >= 0.3 is 0 Å². The molecule has 1 aromatic heterocycles. The summed E-state index contributed by atoms with van der Waals surface area (Å²) in [7, 11) is 0. The first kappa shape index (κ1) is 23.2. The van der Waals surface area contributed by atoms with E-state index in [0.717, 1.165) is 31.2 Å². The standard InChI is InChI=1S/C27H29FN2O2S/c28-23-15-8-7-14-22(23)25(26(31)29-21-12-5-2-6-13-21)30(27(32)24-16-9-19-33-24)18-17-20-10-3-1-4-11-20/h1,3-4,7-11,14-16,19,21,25H,2,5-6,12-13,17-18H2,(H,29,31)/t25-/m0/s1. The minimum Gasteiger partial charge on any atom is -0.351 e. The number of carbonyl (C=O) groups is 2. The van der Waals surface area contributed by atoms with Gasteiger partial charge in [-0.25, -0.2) is 4.39 Å². The Balaban J connectivity index is 1.68. The molecule has 2 aromatic carbocycles. The number of rotatable bonds is 8. The Hall–Kier alpha value is -2.99. The Morgan fingerprint density at radius 2 is 1.70 bits per heavy atom. The fourth-order valence-corrected chi connectivity index (χ4v) is 5.14. The Morgan fingerprint density at radius 3 is 2.39 bits per heavy atom. The van der Waals surface area contributed by atoms with E-state index in [4.69, 9.17) is 0 Å². The summed E-state index contributed by atoms with van der Waals surface area (Å²) in [6.07, 6.45) is 5.71. The van der Waals surface area contributed by atoms with Crippen LogP contribution in [0, 0.1) is 5.82 Å². The van der Waals surface area contributed by atoms with Gasteiger partial charge in [0.05, 0.1) is 4.88 Å². The van der Waals surface area contributed by atoms with E-state index in [0.29, 0.717) is 17.8 Å². The predicted octanol–water partition coefficient (Wildman–Crippen LogP) is 5.76. The summed E-state index contributed by atoms with van der Waals surface area (Å²) in [6, 6.07) is 18.7. The normalized spacial score (nSPS) is 15.1. The summed E-state index contributed by atoms with van der Waals surface area (Å²) in [5.41, 5.74) is 1.28. The van der Waals surface area contributed by atoms with Gasteiger partial charge in [0, 0.05) is 18.2 Å². The smallest absolute Gasteiger partial charge is 0.264 e. The second-order valence-electron chi connectivity index (χ2n) is 8.48. The molecule has 0 spiro atoms. The van der Waals surface area contributed by atoms with Crippen molar-refractivity contribution in [2.24, 2.45) is 0 Å². The molecule has 3 aromatic rings. The number of nitrogens with one attached hydrogen (secondary N) is 1. The predicted molar refractivity (Wildman–Crippen MR) is 130 cm³/mol. The minimum absolute atomic E-state index is 0.0633. The van der Waals surface area contributed by atoms with E-state index in [9.17, 15) is 14.0 Å². The minimum atomic E-state index is -1.04. The molecule has 172 valence electrons. The van der Waals surface area contributed by atoms with Crippen LogP contribution in [0.1, 0.15) is 58.9 Å². The average molecular weight is 465 g/mol. The van der Waals surface area contributed by atoms with Crippen molar-refractivity contribution in [3.63, 3.8) is 0 Å². The lowest BCUT2D eigenvalue weighted by molar-refractivity contribution is -0.127. The molecule has 0 saturated heterocycles. The maximum absolute atomic E-state index is 15.0. The molecule has 6 heteroatoms. The first-order valence-electron chi connectivity index (χ1n) is 11.6. The monoisotopic (exact) mass is 464 g/mol. The third kappa shape index (κ3) is 5.88. The van der Waals surface area contributed by atoms with Crippen molar-refractivity contribution >= 4 is 23.2 Å². The molecule has 1 heterocycles. The molecule has 1 aliphatic rings. The number of hydrogen-bond donors (Lipinski definition) is 1. The van der Waals surface area contributed by atoms with Gasteiger partial charge < -0.3 is 10.2 Å². The van der Waals surface area contributed by atoms with Crippen LogP contribution in [0.15, 0.2) is 72.1 Å². The molecule has 1 saturated carbocycles. The average Bonchev–Trinajstić information content (AvgIpc) is 3.38. The summed E-state index contributed by atoms with van der Waals surface area (Å²) in [5, 5.41) is 4.96. The van der Waals surface area contributed by atoms with Gasteiger partial charge in [-0.15, -0.1) is 11.3 Å². The molecule has 0 bridgehead atoms. The molecule has 1 N–H and O–H groups in total. The number of halogens is 1. The number of amides is 2. The van der Waals surface area contributed by atoms with E-state index >= 15 is 0 Å². The van der Waals surface area contributed by atoms with Crippen LogP contribution in [-0.2, 0) is 11.2 Å². The zero-order chi connectivity index (χ0) is 23.0. The summed E-state index contributed by atoms with van der Waals surface area (Å²) in [5.74, 6) is -1.05. The van der Waals surface area contributed by atoms with E-state index in [1.54, 1.807) is 24.3 Å². The van der Waals surface area contributed by atoms with Crippen molar-refractivity contribution in [3.05, 3.63) is 93.9 Å². The Labute approximate surface area is 198 Å². The van der Waals surface area contributed by atoms with Crippen molar-refractivity contribution in [2.45, 2.75) is 50.6 Å². The van der Waals surface area contributed by atoms with Crippen molar-refractivity contribution in [1.82, 2.24) is 10.2 Å². The highest BCUT2D eigenvalue weighted by Gasteiger charge is 2.35. The van der Waals surface area contributed by atoms with E-state index in [1.807, 2.05) is 41.8 Å². The Bertz CT molecular complexity index is 1050. The molecule has 1 aliphatic carbocycles. The molecular weight excluding hydrogens is 435 g/mol. The fraction of sp³-hybridized carbons (Fsp3) is 0.333. The third-order valence-electron chi connectivity index (χ3n) is 6.19. The number of carbonyl (C=O) groups excluding carboxylic acids is 2. The summed E-state index contributed by atoms with van der Waals surface area (Å²) in [4.78, 5) is 29.3. The zero-order valence-electron chi connectivity index (χ0n) is 18.6. The van der Waals surface area contributed by atoms with E-state index in [2.05, 4.69) is 5.32 Å². The van der Waals surface area contributed by atoms with Crippen LogP contribution in [0.4, 0.5) is 4.39 Å². The Morgan fingerprint density at radius 1 is 0.970 bits per heavy atom. The molecule has 1 fully saturated rings. The second-order valence-corrected chi connectivity index (χ2v) is 9.43. The lowest BCUT2D eigenvalue weighted by Gasteiger charge is -2.33. The quantitative estimate of drug-likeness (QED) is 0.461. The number of benzene rings is 2. The van der Waals surface area contributed by atoms with Crippen LogP contribution in [-0.4, -0.2) is 29.3 Å². The topological polar surface area (TPSA) is 49.4 Å². The van der Waals surface area contributed by atoms with Crippen LogP contribution in [0.5, 0.6) is 0 Å². The zero-order valence-corrected chi connectivity index (χ0v) is 19.4.